The minimum atomic E-state index is -0.271. The highest BCUT2D eigenvalue weighted by atomic mass is 32.1. The van der Waals surface area contributed by atoms with Gasteiger partial charge in [-0.25, -0.2) is 0 Å². The predicted molar refractivity (Wildman–Crippen MR) is 83.6 cm³/mol. The minimum Gasteiger partial charge on any atom is -0.363 e. The second kappa shape index (κ2) is 6.52. The number of anilines is 1. The van der Waals surface area contributed by atoms with Crippen molar-refractivity contribution in [2.45, 2.75) is 33.2 Å². The van der Waals surface area contributed by atoms with Crippen LogP contribution >= 0.6 is 12.2 Å². The number of nitrogens with one attached hydrogen (secondary N) is 3. The van der Waals surface area contributed by atoms with Gasteiger partial charge in [-0.15, -0.1) is 0 Å². The summed E-state index contributed by atoms with van der Waals surface area (Å²) in [5.41, 5.74) is 1.01. The van der Waals surface area contributed by atoms with Crippen molar-refractivity contribution in [2.75, 3.05) is 11.9 Å². The molecule has 0 heterocycles. The normalized spacial score (nSPS) is 10.7. The molecule has 4 nitrogen and oxygen atoms in total. The molecule has 0 aliphatic rings. The van der Waals surface area contributed by atoms with E-state index < -0.39 is 0 Å². The first-order chi connectivity index (χ1) is 8.83. The lowest BCUT2D eigenvalue weighted by atomic mass is 10.1. The maximum Gasteiger partial charge on any atom is 0.253 e. The van der Waals surface area contributed by atoms with Crippen LogP contribution in [-0.4, -0.2) is 23.1 Å². The quantitative estimate of drug-likeness (QED) is 0.744. The minimum absolute atomic E-state index is 0.116. The van der Waals surface area contributed by atoms with Crippen LogP contribution in [0.1, 0.15) is 38.1 Å². The summed E-state index contributed by atoms with van der Waals surface area (Å²) < 4.78 is 0. The molecule has 0 atom stereocenters. The van der Waals surface area contributed by atoms with Gasteiger partial charge in [-0.1, -0.05) is 12.1 Å². The monoisotopic (exact) mass is 279 g/mol. The van der Waals surface area contributed by atoms with E-state index >= 15 is 0 Å². The number of thiocarbonyl (C=S) groups is 1. The molecule has 1 amide bonds. The number of hydrogen-bond donors (Lipinski definition) is 3. The summed E-state index contributed by atoms with van der Waals surface area (Å²) in [5, 5.41) is 9.49. The van der Waals surface area contributed by atoms with E-state index in [1.807, 2.05) is 45.9 Å². The second-order valence-electron chi connectivity index (χ2n) is 5.23. The smallest absolute Gasteiger partial charge is 0.253 e. The third-order valence-corrected chi connectivity index (χ3v) is 2.49. The van der Waals surface area contributed by atoms with Gasteiger partial charge in [0.15, 0.2) is 5.11 Å². The summed E-state index contributed by atoms with van der Waals surface area (Å²) in [6.45, 7) is 8.55. The highest BCUT2D eigenvalue weighted by molar-refractivity contribution is 7.80. The molecule has 0 unspecified atom stereocenters. The Kier molecular flexibility index (Phi) is 5.30. The van der Waals surface area contributed by atoms with E-state index in [0.717, 1.165) is 6.54 Å². The summed E-state index contributed by atoms with van der Waals surface area (Å²) in [5.74, 6) is -0.116. The average molecular weight is 279 g/mol. The van der Waals surface area contributed by atoms with E-state index in [9.17, 15) is 4.79 Å². The summed E-state index contributed by atoms with van der Waals surface area (Å²) in [7, 11) is 0. The maximum atomic E-state index is 12.2. The van der Waals surface area contributed by atoms with Crippen LogP contribution in [0.5, 0.6) is 0 Å². The zero-order valence-corrected chi connectivity index (χ0v) is 12.6. The van der Waals surface area contributed by atoms with Gasteiger partial charge in [0, 0.05) is 12.1 Å². The van der Waals surface area contributed by atoms with Gasteiger partial charge < -0.3 is 16.0 Å². The Hall–Kier alpha value is -1.62. The molecular weight excluding hydrogens is 258 g/mol. The van der Waals surface area contributed by atoms with Crippen molar-refractivity contribution in [3.05, 3.63) is 29.8 Å². The van der Waals surface area contributed by atoms with E-state index in [4.69, 9.17) is 12.2 Å². The Labute approximate surface area is 120 Å². The molecule has 0 radical (unpaired) electrons. The third kappa shape index (κ3) is 5.26. The fourth-order valence-corrected chi connectivity index (χ4v) is 1.78. The van der Waals surface area contributed by atoms with Gasteiger partial charge in [0.2, 0.25) is 0 Å². The Balaban J connectivity index is 2.89. The van der Waals surface area contributed by atoms with Crippen molar-refractivity contribution >= 4 is 28.9 Å². The molecule has 0 spiro atoms. The molecule has 19 heavy (non-hydrogen) atoms. The standard InChI is InChI=1S/C14H21N3OS/c1-5-15-13(19)16-11-9-7-6-8-10(11)12(18)17-14(2,3)4/h6-9H,5H2,1-4H3,(H,17,18)(H2,15,16,19). The van der Waals surface area contributed by atoms with Gasteiger partial charge in [-0.2, -0.15) is 0 Å². The molecule has 104 valence electrons. The lowest BCUT2D eigenvalue weighted by molar-refractivity contribution is 0.0920. The zero-order valence-electron chi connectivity index (χ0n) is 11.8. The molecule has 0 aromatic heterocycles. The van der Waals surface area contributed by atoms with Crippen molar-refractivity contribution in [1.29, 1.82) is 0 Å². The summed E-state index contributed by atoms with van der Waals surface area (Å²) in [6.07, 6.45) is 0. The largest absolute Gasteiger partial charge is 0.363 e. The predicted octanol–water partition coefficient (Wildman–Crippen LogP) is 2.52. The van der Waals surface area contributed by atoms with Crippen molar-refractivity contribution < 1.29 is 4.79 Å². The molecule has 0 bridgehead atoms. The third-order valence-electron chi connectivity index (χ3n) is 2.25. The molecule has 0 saturated carbocycles. The number of carbonyl (C=O) groups is 1. The first kappa shape index (κ1) is 15.4. The van der Waals surface area contributed by atoms with Gasteiger partial charge in [0.05, 0.1) is 11.3 Å². The van der Waals surface area contributed by atoms with E-state index in [-0.39, 0.29) is 11.4 Å². The number of benzene rings is 1. The van der Waals surface area contributed by atoms with Crippen molar-refractivity contribution in [1.82, 2.24) is 10.6 Å². The SMILES string of the molecule is CCNC(=S)Nc1ccccc1C(=O)NC(C)(C)C. The van der Waals surface area contributed by atoms with Gasteiger partial charge in [-0.05, 0) is 52.0 Å². The van der Waals surface area contributed by atoms with E-state index in [1.165, 1.54) is 0 Å². The van der Waals surface area contributed by atoms with Crippen LogP contribution in [0.3, 0.4) is 0 Å². The fourth-order valence-electron chi connectivity index (χ4n) is 1.53. The molecule has 1 aromatic carbocycles. The number of carbonyl (C=O) groups excluding carboxylic acids is 1. The van der Waals surface area contributed by atoms with Gasteiger partial charge in [-0.3, -0.25) is 4.79 Å². The van der Waals surface area contributed by atoms with Gasteiger partial charge in [0.25, 0.3) is 5.91 Å². The van der Waals surface area contributed by atoms with Crippen molar-refractivity contribution in [3.63, 3.8) is 0 Å². The van der Waals surface area contributed by atoms with Crippen molar-refractivity contribution in [3.8, 4) is 0 Å². The van der Waals surface area contributed by atoms with Crippen LogP contribution in [0.25, 0.3) is 0 Å². The number of hydrogen-bond acceptors (Lipinski definition) is 2. The lowest BCUT2D eigenvalue weighted by Crippen LogP contribution is -2.41. The maximum absolute atomic E-state index is 12.2. The molecule has 0 fully saturated rings. The first-order valence-electron chi connectivity index (χ1n) is 6.30. The first-order valence-corrected chi connectivity index (χ1v) is 6.70. The molecule has 0 saturated heterocycles. The van der Waals surface area contributed by atoms with Crippen molar-refractivity contribution in [2.24, 2.45) is 0 Å². The second-order valence-corrected chi connectivity index (χ2v) is 5.64. The summed E-state index contributed by atoms with van der Waals surface area (Å²) in [6, 6.07) is 7.31. The fraction of sp³-hybridized carbons (Fsp3) is 0.429. The Bertz CT molecular complexity index is 466. The molecule has 1 rings (SSSR count). The van der Waals surface area contributed by atoms with Crippen LogP contribution in [0.15, 0.2) is 24.3 Å². The molecule has 5 heteroatoms. The Morgan fingerprint density at radius 1 is 1.26 bits per heavy atom. The van der Waals surface area contributed by atoms with Crippen LogP contribution < -0.4 is 16.0 Å². The van der Waals surface area contributed by atoms with Crippen LogP contribution in [0.2, 0.25) is 0 Å². The molecule has 1 aromatic rings. The average Bonchev–Trinajstić information content (AvgIpc) is 2.27. The molecule has 0 aliphatic heterocycles. The zero-order chi connectivity index (χ0) is 14.5. The lowest BCUT2D eigenvalue weighted by Gasteiger charge is -2.21. The number of para-hydroxylation sites is 1. The summed E-state index contributed by atoms with van der Waals surface area (Å²) >= 11 is 5.14. The van der Waals surface area contributed by atoms with E-state index in [0.29, 0.717) is 16.4 Å². The number of rotatable bonds is 3. The molecular formula is C14H21N3OS. The van der Waals surface area contributed by atoms with Gasteiger partial charge >= 0.3 is 0 Å². The highest BCUT2D eigenvalue weighted by Gasteiger charge is 2.17. The van der Waals surface area contributed by atoms with Crippen LogP contribution in [0.4, 0.5) is 5.69 Å². The Morgan fingerprint density at radius 3 is 2.47 bits per heavy atom. The number of amides is 1. The van der Waals surface area contributed by atoms with E-state index in [1.54, 1.807) is 6.07 Å². The highest BCUT2D eigenvalue weighted by Crippen LogP contribution is 2.16. The van der Waals surface area contributed by atoms with E-state index in [2.05, 4.69) is 16.0 Å². The van der Waals surface area contributed by atoms with Crippen LogP contribution in [0, 0.1) is 0 Å². The van der Waals surface area contributed by atoms with Crippen LogP contribution in [-0.2, 0) is 0 Å². The Morgan fingerprint density at radius 2 is 1.89 bits per heavy atom. The topological polar surface area (TPSA) is 53.2 Å². The van der Waals surface area contributed by atoms with Gasteiger partial charge in [0.1, 0.15) is 0 Å². The molecule has 3 N–H and O–H groups in total. The molecule has 0 aliphatic carbocycles. The summed E-state index contributed by atoms with van der Waals surface area (Å²) in [4.78, 5) is 12.2.